The smallest absolute Gasteiger partial charge is 0.306 e. The second kappa shape index (κ2) is 53.6. The fourth-order valence-corrected chi connectivity index (χ4v) is 9.09. The lowest BCUT2D eigenvalue weighted by Gasteiger charge is -2.30. The molecular weight excluding hydrogens is 940 g/mol. The fourth-order valence-electron chi connectivity index (χ4n) is 8.37. The third-order valence-corrected chi connectivity index (χ3v) is 14.0. The maximum absolute atomic E-state index is 13.5. The average Bonchev–Trinajstić information content (AvgIpc) is 3.36. The van der Waals surface area contributed by atoms with E-state index in [1.54, 1.807) is 0 Å². The van der Waals surface area contributed by atoms with E-state index in [9.17, 15) is 19.0 Å². The monoisotopic (exact) mass is 1050 g/mol. The number of rotatable bonds is 54. The Bertz CT molecular complexity index is 1540. The quantitative estimate of drug-likeness (QED) is 0.0212. The van der Waals surface area contributed by atoms with Crippen LogP contribution in [0.15, 0.2) is 85.1 Å². The maximum atomic E-state index is 13.5. The molecule has 0 aliphatic carbocycles. The van der Waals surface area contributed by atoms with Crippen molar-refractivity contribution in [3.8, 4) is 0 Å². The van der Waals surface area contributed by atoms with E-state index in [1.165, 1.54) is 103 Å². The number of unbranched alkanes of at least 4 members (excludes halogenated alkanes) is 26. The van der Waals surface area contributed by atoms with Crippen LogP contribution >= 0.6 is 7.82 Å². The molecule has 0 saturated carbocycles. The molecule has 0 aromatic heterocycles. The second-order valence-corrected chi connectivity index (χ2v) is 22.9. The van der Waals surface area contributed by atoms with Crippen molar-refractivity contribution in [2.75, 3.05) is 40.9 Å². The first-order valence-electron chi connectivity index (χ1n) is 30.4. The van der Waals surface area contributed by atoms with Crippen molar-refractivity contribution in [2.45, 2.75) is 270 Å². The Morgan fingerprint density at radius 1 is 0.486 bits per heavy atom. The molecule has 0 rings (SSSR count). The highest BCUT2D eigenvalue weighted by atomic mass is 31.2. The van der Waals surface area contributed by atoms with Crippen LogP contribution < -0.4 is 10.2 Å². The molecule has 0 heterocycles. The molecule has 9 nitrogen and oxygen atoms in total. The van der Waals surface area contributed by atoms with Gasteiger partial charge in [-0.3, -0.25) is 14.2 Å². The van der Waals surface area contributed by atoms with Crippen molar-refractivity contribution < 1.29 is 37.3 Å². The summed E-state index contributed by atoms with van der Waals surface area (Å²) in [7, 11) is 1.16. The lowest BCUT2D eigenvalue weighted by Crippen LogP contribution is -2.47. The maximum Gasteiger partial charge on any atom is 0.306 e. The zero-order valence-corrected chi connectivity index (χ0v) is 49.7. The number of esters is 1. The summed E-state index contributed by atoms with van der Waals surface area (Å²) in [6.07, 6.45) is 69.7. The van der Waals surface area contributed by atoms with Gasteiger partial charge in [0.1, 0.15) is 19.3 Å². The molecule has 0 radical (unpaired) electrons. The molecule has 0 aromatic carbocycles. The van der Waals surface area contributed by atoms with Crippen LogP contribution in [0.2, 0.25) is 0 Å². The molecule has 428 valence electrons. The molecule has 0 aliphatic heterocycles. The summed E-state index contributed by atoms with van der Waals surface area (Å²) in [6.45, 7) is 6.69. The van der Waals surface area contributed by atoms with E-state index >= 15 is 0 Å². The van der Waals surface area contributed by atoms with Gasteiger partial charge in [-0.25, -0.2) is 0 Å². The first-order valence-corrected chi connectivity index (χ1v) is 31.9. The van der Waals surface area contributed by atoms with Crippen LogP contribution in [0, 0.1) is 0 Å². The SMILES string of the molecule is CC/C=C/C/C=C/CCCCCCCCCC(=O)OC(/C=C\CCCCCCCCCCCCC)C(COP(=O)([O-])OCC[N+](C)(C)C)NC(=O)CCCCCCC/C=C\C/C=C\C/C=C\C/C=C\CCCCC. The molecule has 1 N–H and O–H groups in total. The summed E-state index contributed by atoms with van der Waals surface area (Å²) in [4.78, 5) is 39.9. The molecule has 1 amide bonds. The van der Waals surface area contributed by atoms with Crippen LogP contribution in [0.1, 0.15) is 258 Å². The molecule has 0 fully saturated rings. The molecule has 0 aromatic rings. The molecule has 74 heavy (non-hydrogen) atoms. The van der Waals surface area contributed by atoms with E-state index in [1.807, 2.05) is 33.3 Å². The number of phosphoric acid groups is 1. The normalized spacial score (nSPS) is 14.3. The number of carbonyl (C=O) groups excluding carboxylic acids is 2. The Hall–Kier alpha value is -2.81. The predicted octanol–water partition coefficient (Wildman–Crippen LogP) is 18.0. The van der Waals surface area contributed by atoms with Crippen LogP contribution in [0.4, 0.5) is 0 Å². The predicted molar refractivity (Wildman–Crippen MR) is 316 cm³/mol. The number of nitrogens with zero attached hydrogens (tertiary/aromatic N) is 1. The van der Waals surface area contributed by atoms with Gasteiger partial charge in [0.15, 0.2) is 0 Å². The molecule has 0 aliphatic rings. The topological polar surface area (TPSA) is 114 Å². The molecule has 0 saturated heterocycles. The summed E-state index contributed by atoms with van der Waals surface area (Å²) in [5, 5.41) is 3.01. The molecule has 3 unspecified atom stereocenters. The van der Waals surface area contributed by atoms with Gasteiger partial charge in [0.05, 0.1) is 33.8 Å². The van der Waals surface area contributed by atoms with Gasteiger partial charge < -0.3 is 28.5 Å². The van der Waals surface area contributed by atoms with Gasteiger partial charge >= 0.3 is 5.97 Å². The highest BCUT2D eigenvalue weighted by Crippen LogP contribution is 2.38. The molecule has 3 atom stereocenters. The van der Waals surface area contributed by atoms with Crippen molar-refractivity contribution in [3.05, 3.63) is 85.1 Å². The Kier molecular flexibility index (Phi) is 51.5. The number of allylic oxidation sites excluding steroid dienone is 13. The largest absolute Gasteiger partial charge is 0.756 e. The minimum Gasteiger partial charge on any atom is -0.756 e. The van der Waals surface area contributed by atoms with Gasteiger partial charge in [0.25, 0.3) is 7.82 Å². The van der Waals surface area contributed by atoms with Gasteiger partial charge in [0.2, 0.25) is 5.91 Å². The fraction of sp³-hybridized carbons (Fsp3) is 0.750. The third kappa shape index (κ3) is 54.0. The van der Waals surface area contributed by atoms with Crippen molar-refractivity contribution in [1.82, 2.24) is 5.32 Å². The second-order valence-electron chi connectivity index (χ2n) is 21.5. The summed E-state index contributed by atoms with van der Waals surface area (Å²) in [5.41, 5.74) is 0. The summed E-state index contributed by atoms with van der Waals surface area (Å²) >= 11 is 0. The minimum atomic E-state index is -4.71. The van der Waals surface area contributed by atoms with E-state index in [-0.39, 0.29) is 24.9 Å². The number of ether oxygens (including phenoxy) is 1. The number of amides is 1. The Labute approximate surface area is 456 Å². The summed E-state index contributed by atoms with van der Waals surface area (Å²) in [5.74, 6) is -0.573. The summed E-state index contributed by atoms with van der Waals surface area (Å²) in [6, 6.07) is -0.905. The van der Waals surface area contributed by atoms with Gasteiger partial charge in [0, 0.05) is 12.8 Å². The number of likely N-dealkylation sites (N-methyl/N-ethyl adjacent to an activating group) is 1. The van der Waals surface area contributed by atoms with Gasteiger partial charge in [-0.05, 0) is 102 Å². The van der Waals surface area contributed by atoms with Crippen molar-refractivity contribution in [2.24, 2.45) is 0 Å². The number of hydrogen-bond donors (Lipinski definition) is 1. The highest BCUT2D eigenvalue weighted by Gasteiger charge is 2.27. The number of quaternary nitrogens is 1. The highest BCUT2D eigenvalue weighted by molar-refractivity contribution is 7.45. The van der Waals surface area contributed by atoms with E-state index < -0.39 is 26.6 Å². The van der Waals surface area contributed by atoms with E-state index in [2.05, 4.69) is 99.0 Å². The number of phosphoric ester groups is 1. The van der Waals surface area contributed by atoms with Crippen LogP contribution in [0.25, 0.3) is 0 Å². The van der Waals surface area contributed by atoms with Crippen molar-refractivity contribution >= 4 is 19.7 Å². The summed E-state index contributed by atoms with van der Waals surface area (Å²) < 4.78 is 30.3. The first kappa shape index (κ1) is 71.2. The molecule has 10 heteroatoms. The van der Waals surface area contributed by atoms with E-state index in [4.69, 9.17) is 13.8 Å². The van der Waals surface area contributed by atoms with Crippen LogP contribution in [-0.2, 0) is 27.9 Å². The number of carbonyl (C=O) groups is 2. The lowest BCUT2D eigenvalue weighted by molar-refractivity contribution is -0.870. The van der Waals surface area contributed by atoms with Gasteiger partial charge in [-0.15, -0.1) is 0 Å². The van der Waals surface area contributed by atoms with E-state index in [0.717, 1.165) is 116 Å². The molecular formula is C64H115N2O7P. The average molecular weight is 1060 g/mol. The van der Waals surface area contributed by atoms with E-state index in [0.29, 0.717) is 23.9 Å². The van der Waals surface area contributed by atoms with Crippen molar-refractivity contribution in [3.63, 3.8) is 0 Å². The van der Waals surface area contributed by atoms with Gasteiger partial charge in [-0.2, -0.15) is 0 Å². The molecule has 0 bridgehead atoms. The van der Waals surface area contributed by atoms with Crippen LogP contribution in [0.3, 0.4) is 0 Å². The first-order chi connectivity index (χ1) is 35.9. The Morgan fingerprint density at radius 2 is 0.865 bits per heavy atom. The molecule has 0 spiro atoms. The minimum absolute atomic E-state index is 0.0311. The van der Waals surface area contributed by atoms with Crippen molar-refractivity contribution in [1.29, 1.82) is 0 Å². The number of hydrogen-bond acceptors (Lipinski definition) is 7. The van der Waals surface area contributed by atoms with Crippen LogP contribution in [0.5, 0.6) is 0 Å². The zero-order valence-electron chi connectivity index (χ0n) is 48.8. The Morgan fingerprint density at radius 3 is 1.32 bits per heavy atom. The standard InChI is InChI=1S/C64H115N2O7P/c1-7-10-13-16-19-22-25-28-30-31-32-33-34-35-36-38-41-44-47-50-53-56-63(67)65-61(60-72-74(69,70)71-59-58-66(4,5)6)62(55-52-49-46-43-40-37-27-24-21-18-15-12-9-3)73-64(68)57-54-51-48-45-42-39-29-26-23-20-17-14-11-8-2/h11,14,19-20,22-23,28,30,32-33,35-36,52,55,61-62H,7-10,12-13,15-18,21,24-27,29,31,34,37-51,53-54,56-60H2,1-6H3,(H-,65,67,69,70)/b14-11+,22-19-,23-20+,30-28-,33-32-,36-35-,55-52-. The lowest BCUT2D eigenvalue weighted by atomic mass is 10.0. The zero-order chi connectivity index (χ0) is 54.3. The number of nitrogens with one attached hydrogen (secondary N) is 1. The third-order valence-electron chi connectivity index (χ3n) is 13.1. The van der Waals surface area contributed by atoms with Crippen LogP contribution in [-0.4, -0.2) is 69.4 Å². The van der Waals surface area contributed by atoms with Gasteiger partial charge in [-0.1, -0.05) is 228 Å². The Balaban J connectivity index is 5.33.